The highest BCUT2D eigenvalue weighted by molar-refractivity contribution is 6.01. The topological polar surface area (TPSA) is 57.2 Å². The lowest BCUT2D eigenvalue weighted by Crippen LogP contribution is -2.17. The fraction of sp³-hybridized carbons (Fsp3) is 0.0588. The molecule has 5 heteroatoms. The molecule has 0 atom stereocenters. The Hall–Kier alpha value is -2.95. The van der Waals surface area contributed by atoms with Crippen LogP contribution in [0.5, 0.6) is 0 Å². The largest absolute Gasteiger partial charge is 0.358 e. The quantitative estimate of drug-likeness (QED) is 0.565. The maximum absolute atomic E-state index is 13.1. The number of amides is 1. The number of fused-ring (bicyclic) bond motifs is 1. The molecule has 0 saturated heterocycles. The number of aryl methyl sites for hydroxylation is 1. The monoisotopic (exact) mass is 295 g/mol. The number of aromatic amines is 1. The zero-order valence-electron chi connectivity index (χ0n) is 11.9. The van der Waals surface area contributed by atoms with Crippen LogP contribution in [0.1, 0.15) is 21.6 Å². The van der Waals surface area contributed by atoms with Crippen molar-refractivity contribution in [2.24, 2.45) is 5.10 Å². The van der Waals surface area contributed by atoms with E-state index in [0.29, 0.717) is 0 Å². The van der Waals surface area contributed by atoms with Crippen molar-refractivity contribution >= 4 is 23.0 Å². The van der Waals surface area contributed by atoms with Crippen molar-refractivity contribution in [3.63, 3.8) is 0 Å². The molecule has 2 aromatic carbocycles. The van der Waals surface area contributed by atoms with Gasteiger partial charge in [0.15, 0.2) is 0 Å². The third kappa shape index (κ3) is 2.74. The van der Waals surface area contributed by atoms with Crippen molar-refractivity contribution in [1.29, 1.82) is 0 Å². The number of hydrogen-bond acceptors (Lipinski definition) is 2. The van der Waals surface area contributed by atoms with Gasteiger partial charge in [0.05, 0.1) is 6.21 Å². The normalized spacial score (nSPS) is 11.2. The van der Waals surface area contributed by atoms with Gasteiger partial charge < -0.3 is 4.98 Å². The number of rotatable bonds is 3. The minimum Gasteiger partial charge on any atom is -0.358 e. The number of hydrogen-bond donors (Lipinski definition) is 2. The molecule has 0 aliphatic heterocycles. The van der Waals surface area contributed by atoms with Crippen molar-refractivity contribution in [2.75, 3.05) is 0 Å². The van der Waals surface area contributed by atoms with Crippen LogP contribution in [0.3, 0.4) is 0 Å². The molecule has 2 N–H and O–H groups in total. The first kappa shape index (κ1) is 14.0. The van der Waals surface area contributed by atoms with Crippen molar-refractivity contribution in [1.82, 2.24) is 10.4 Å². The highest BCUT2D eigenvalue weighted by Gasteiger charge is 2.07. The van der Waals surface area contributed by atoms with Gasteiger partial charge in [-0.05, 0) is 31.2 Å². The Labute approximate surface area is 126 Å². The second kappa shape index (κ2) is 5.81. The summed E-state index contributed by atoms with van der Waals surface area (Å²) in [5.74, 6) is -0.905. The van der Waals surface area contributed by atoms with Crippen LogP contribution in [0.4, 0.5) is 4.39 Å². The lowest BCUT2D eigenvalue weighted by molar-refractivity contribution is 0.0954. The van der Waals surface area contributed by atoms with Crippen LogP contribution in [-0.4, -0.2) is 17.1 Å². The van der Waals surface area contributed by atoms with Crippen LogP contribution in [0.25, 0.3) is 10.9 Å². The van der Waals surface area contributed by atoms with E-state index >= 15 is 0 Å². The standard InChI is InChI=1S/C17H14FN3O/c1-11-15(14-7-2-3-8-16(14)20-11)10-19-21-17(22)12-5-4-6-13(18)9-12/h2-10,20H,1H3,(H,21,22)/b19-10-. The molecule has 1 amide bonds. The van der Waals surface area contributed by atoms with Gasteiger partial charge in [-0.25, -0.2) is 9.82 Å². The van der Waals surface area contributed by atoms with Gasteiger partial charge in [-0.1, -0.05) is 24.3 Å². The summed E-state index contributed by atoms with van der Waals surface area (Å²) in [6.07, 6.45) is 1.59. The molecular weight excluding hydrogens is 281 g/mol. The second-order valence-corrected chi connectivity index (χ2v) is 4.92. The highest BCUT2D eigenvalue weighted by atomic mass is 19.1. The Balaban J connectivity index is 1.79. The summed E-state index contributed by atoms with van der Waals surface area (Å²) in [5, 5.41) is 5.00. The lowest BCUT2D eigenvalue weighted by atomic mass is 10.1. The van der Waals surface area contributed by atoms with E-state index in [2.05, 4.69) is 15.5 Å². The first-order valence-electron chi connectivity index (χ1n) is 6.81. The summed E-state index contributed by atoms with van der Waals surface area (Å²) in [4.78, 5) is 15.1. The third-order valence-corrected chi connectivity index (χ3v) is 3.39. The van der Waals surface area contributed by atoms with E-state index < -0.39 is 11.7 Å². The number of hydrazone groups is 1. The molecule has 0 saturated carbocycles. The molecule has 110 valence electrons. The summed E-state index contributed by atoms with van der Waals surface area (Å²) in [7, 11) is 0. The van der Waals surface area contributed by atoms with Crippen LogP contribution in [0.15, 0.2) is 53.6 Å². The molecule has 3 aromatic rings. The van der Waals surface area contributed by atoms with Crippen LogP contribution in [-0.2, 0) is 0 Å². The number of carbonyl (C=O) groups excluding carboxylic acids is 1. The van der Waals surface area contributed by atoms with Gasteiger partial charge in [-0.15, -0.1) is 0 Å². The molecule has 22 heavy (non-hydrogen) atoms. The molecule has 0 aliphatic carbocycles. The summed E-state index contributed by atoms with van der Waals surface area (Å²) in [6, 6.07) is 13.3. The first-order chi connectivity index (χ1) is 10.6. The number of benzene rings is 2. The van der Waals surface area contributed by atoms with Crippen LogP contribution < -0.4 is 5.43 Å². The number of halogens is 1. The molecular formula is C17H14FN3O. The lowest BCUT2D eigenvalue weighted by Gasteiger charge is -1.99. The maximum Gasteiger partial charge on any atom is 0.271 e. The maximum atomic E-state index is 13.1. The SMILES string of the molecule is Cc1[nH]c2ccccc2c1/C=N\NC(=O)c1cccc(F)c1. The summed E-state index contributed by atoms with van der Waals surface area (Å²) >= 11 is 0. The summed E-state index contributed by atoms with van der Waals surface area (Å²) in [5.41, 5.74) is 5.52. The Morgan fingerprint density at radius 3 is 2.86 bits per heavy atom. The van der Waals surface area contributed by atoms with Gasteiger partial charge in [0.2, 0.25) is 0 Å². The van der Waals surface area contributed by atoms with E-state index in [1.54, 1.807) is 6.21 Å². The molecule has 0 bridgehead atoms. The Bertz CT molecular complexity index is 867. The molecule has 0 fully saturated rings. The van der Waals surface area contributed by atoms with E-state index in [4.69, 9.17) is 0 Å². The van der Waals surface area contributed by atoms with Gasteiger partial charge >= 0.3 is 0 Å². The molecule has 1 aromatic heterocycles. The minimum absolute atomic E-state index is 0.229. The third-order valence-electron chi connectivity index (χ3n) is 3.39. The van der Waals surface area contributed by atoms with Gasteiger partial charge in [-0.3, -0.25) is 4.79 Å². The average molecular weight is 295 g/mol. The van der Waals surface area contributed by atoms with Crippen molar-refractivity contribution in [3.05, 3.63) is 71.2 Å². The number of H-pyrrole nitrogens is 1. The van der Waals surface area contributed by atoms with E-state index in [-0.39, 0.29) is 5.56 Å². The number of nitrogens with zero attached hydrogens (tertiary/aromatic N) is 1. The highest BCUT2D eigenvalue weighted by Crippen LogP contribution is 2.19. The summed E-state index contributed by atoms with van der Waals surface area (Å²) in [6.45, 7) is 1.94. The first-order valence-corrected chi connectivity index (χ1v) is 6.81. The van der Waals surface area contributed by atoms with Gasteiger partial charge in [0.1, 0.15) is 5.82 Å². The smallest absolute Gasteiger partial charge is 0.271 e. The Morgan fingerprint density at radius 2 is 2.05 bits per heavy atom. The van der Waals surface area contributed by atoms with E-state index in [9.17, 15) is 9.18 Å². The van der Waals surface area contributed by atoms with E-state index in [1.165, 1.54) is 24.3 Å². The fourth-order valence-corrected chi connectivity index (χ4v) is 2.31. The number of para-hydroxylation sites is 1. The Kier molecular flexibility index (Phi) is 3.70. The summed E-state index contributed by atoms with van der Waals surface area (Å²) < 4.78 is 13.1. The van der Waals surface area contributed by atoms with Crippen molar-refractivity contribution in [3.8, 4) is 0 Å². The molecule has 0 spiro atoms. The molecule has 3 rings (SSSR count). The number of carbonyl (C=O) groups is 1. The van der Waals surface area contributed by atoms with Crippen molar-refractivity contribution < 1.29 is 9.18 Å². The van der Waals surface area contributed by atoms with E-state index in [0.717, 1.165) is 22.2 Å². The predicted octanol–water partition coefficient (Wildman–Crippen LogP) is 3.38. The molecule has 0 aliphatic rings. The van der Waals surface area contributed by atoms with Crippen LogP contribution in [0.2, 0.25) is 0 Å². The fourth-order valence-electron chi connectivity index (χ4n) is 2.31. The molecule has 1 heterocycles. The van der Waals surface area contributed by atoms with Gasteiger partial charge in [-0.2, -0.15) is 5.10 Å². The zero-order valence-corrected chi connectivity index (χ0v) is 11.9. The predicted molar refractivity (Wildman–Crippen MR) is 84.5 cm³/mol. The van der Waals surface area contributed by atoms with Crippen LogP contribution >= 0.6 is 0 Å². The zero-order chi connectivity index (χ0) is 15.5. The Morgan fingerprint density at radius 1 is 1.23 bits per heavy atom. The molecule has 4 nitrogen and oxygen atoms in total. The minimum atomic E-state index is -0.455. The second-order valence-electron chi connectivity index (χ2n) is 4.92. The molecule has 0 radical (unpaired) electrons. The number of nitrogens with one attached hydrogen (secondary N) is 2. The van der Waals surface area contributed by atoms with Gasteiger partial charge in [0, 0.05) is 27.7 Å². The van der Waals surface area contributed by atoms with Gasteiger partial charge in [0.25, 0.3) is 5.91 Å². The number of aromatic nitrogens is 1. The van der Waals surface area contributed by atoms with Crippen molar-refractivity contribution in [2.45, 2.75) is 6.92 Å². The van der Waals surface area contributed by atoms with Crippen LogP contribution in [0, 0.1) is 12.7 Å². The van der Waals surface area contributed by atoms with E-state index in [1.807, 2.05) is 31.2 Å². The average Bonchev–Trinajstić information content (AvgIpc) is 2.83. The molecule has 0 unspecified atom stereocenters.